The van der Waals surface area contributed by atoms with Gasteiger partial charge in [0, 0.05) is 43.9 Å². The second-order valence-electron chi connectivity index (χ2n) is 13.7. The molecule has 0 unspecified atom stereocenters. The van der Waals surface area contributed by atoms with Crippen LogP contribution in [-0.2, 0) is 33.4 Å². The first kappa shape index (κ1) is 39.2. The summed E-state index contributed by atoms with van der Waals surface area (Å²) in [6.45, 7) is 8.18. The molecule has 2 N–H and O–H groups in total. The van der Waals surface area contributed by atoms with Crippen molar-refractivity contribution in [2.75, 3.05) is 38.3 Å². The number of fused-ring (bicyclic) bond motifs is 1. The third kappa shape index (κ3) is 8.28. The molecule has 52 heavy (non-hydrogen) atoms. The molecule has 1 spiro atoms. The molecule has 0 aromatic heterocycles. The maximum Gasteiger partial charge on any atom is 0.313 e. The molecule has 3 fully saturated rings. The lowest BCUT2D eigenvalue weighted by molar-refractivity contribution is -0.163. The minimum atomic E-state index is -1.24. The van der Waals surface area contributed by atoms with E-state index in [0.717, 1.165) is 12.8 Å². The number of carbonyl (C=O) groups excluding carboxylic acids is 4. The van der Waals surface area contributed by atoms with Gasteiger partial charge in [-0.15, -0.1) is 13.2 Å². The average Bonchev–Trinajstić information content (AvgIpc) is 3.79. The molecular formula is C40H50ClN3O8. The van der Waals surface area contributed by atoms with Gasteiger partial charge in [-0.2, -0.15) is 0 Å². The van der Waals surface area contributed by atoms with Gasteiger partial charge in [0.1, 0.15) is 17.7 Å². The Hall–Kier alpha value is -4.03. The number of ether oxygens (including phenoxy) is 3. The number of aliphatic hydroxyl groups excluding tert-OH is 1. The molecule has 2 bridgehead atoms. The van der Waals surface area contributed by atoms with Crippen molar-refractivity contribution in [3.63, 3.8) is 0 Å². The Morgan fingerprint density at radius 3 is 2.50 bits per heavy atom. The summed E-state index contributed by atoms with van der Waals surface area (Å²) in [5.41, 5.74) is 0.00378. The summed E-state index contributed by atoms with van der Waals surface area (Å²) in [7, 11) is 1.51. The number of carbonyl (C=O) groups is 4. The fourth-order valence-corrected chi connectivity index (χ4v) is 8.16. The normalized spacial score (nSPS) is 24.2. The molecule has 3 aliphatic heterocycles. The van der Waals surface area contributed by atoms with Crippen LogP contribution in [0.2, 0.25) is 5.02 Å². The van der Waals surface area contributed by atoms with Crippen molar-refractivity contribution < 1.29 is 38.5 Å². The Kier molecular flexibility index (Phi) is 13.7. The maximum atomic E-state index is 14.8. The number of unbranched alkanes of at least 4 members (excludes halogenated alkanes) is 3. The molecule has 3 heterocycles. The van der Waals surface area contributed by atoms with Gasteiger partial charge in [-0.3, -0.25) is 19.2 Å². The van der Waals surface area contributed by atoms with E-state index in [1.54, 1.807) is 46.2 Å². The van der Waals surface area contributed by atoms with E-state index >= 15 is 0 Å². The molecule has 2 aromatic carbocycles. The van der Waals surface area contributed by atoms with Gasteiger partial charge in [0.15, 0.2) is 0 Å². The van der Waals surface area contributed by atoms with Crippen molar-refractivity contribution in [2.24, 2.45) is 11.8 Å². The molecule has 3 aliphatic rings. The summed E-state index contributed by atoms with van der Waals surface area (Å²) >= 11 is 6.17. The SMILES string of the molecule is C=CCCC(=O)N[C@@H](COC)[C@@H](OC(=O)[C@@H]1[C@@H]2CC[C@]3(O2)[C@H](C(=O)N(CC=C)c2ccc(Cl)cc2)N(CCCCCCO)C(=O)[C@@H]13)c1ccccc1. The smallest absolute Gasteiger partial charge is 0.313 e. The zero-order chi connectivity index (χ0) is 37.3. The standard InChI is InChI=1S/C40H50ClN3O8/c1-4-6-16-32(46)42-30(26-50-3)35(27-14-10-9-11-15-27)51-39(49)33-31-21-22-40(52-31)34(33)37(47)44(24-12-7-8-13-25-45)36(40)38(48)43(23-5-2)29-19-17-28(41)18-20-29/h4-5,9-11,14-15,17-20,30-31,33-36,45H,1-2,6-8,12-13,16,21-26H2,3H3,(H,42,46)/t30-,31-,33+,34+,35-,36-,40+/m0/s1. The minimum absolute atomic E-state index is 0.0635. The second kappa shape index (κ2) is 18.1. The van der Waals surface area contributed by atoms with Crippen molar-refractivity contribution in [3.05, 3.63) is 90.5 Å². The minimum Gasteiger partial charge on any atom is -0.455 e. The second-order valence-corrected chi connectivity index (χ2v) is 14.1. The lowest BCUT2D eigenvalue weighted by Gasteiger charge is -2.37. The van der Waals surface area contributed by atoms with Crippen molar-refractivity contribution in [3.8, 4) is 0 Å². The first-order chi connectivity index (χ1) is 25.2. The molecule has 11 nitrogen and oxygen atoms in total. The number of nitrogens with zero attached hydrogens (tertiary/aromatic N) is 2. The zero-order valence-corrected chi connectivity index (χ0v) is 30.5. The topological polar surface area (TPSA) is 135 Å². The molecular weight excluding hydrogens is 686 g/mol. The first-order valence-electron chi connectivity index (χ1n) is 18.1. The Morgan fingerprint density at radius 1 is 1.10 bits per heavy atom. The van der Waals surface area contributed by atoms with Gasteiger partial charge in [-0.25, -0.2) is 0 Å². The van der Waals surface area contributed by atoms with Crippen LogP contribution in [0.15, 0.2) is 79.9 Å². The van der Waals surface area contributed by atoms with Gasteiger partial charge >= 0.3 is 5.97 Å². The van der Waals surface area contributed by atoms with Crippen LogP contribution < -0.4 is 10.2 Å². The van der Waals surface area contributed by atoms with E-state index in [4.69, 9.17) is 25.8 Å². The summed E-state index contributed by atoms with van der Waals surface area (Å²) in [5.74, 6) is -3.43. The molecule has 2 aromatic rings. The van der Waals surface area contributed by atoms with E-state index in [2.05, 4.69) is 18.5 Å². The number of amides is 3. The average molecular weight is 736 g/mol. The van der Waals surface area contributed by atoms with Crippen LogP contribution in [0.1, 0.15) is 63.0 Å². The van der Waals surface area contributed by atoms with Crippen molar-refractivity contribution >= 4 is 41.0 Å². The molecule has 3 amide bonds. The fraction of sp³-hybridized carbons (Fsp3) is 0.500. The number of methoxy groups -OCH3 is 1. The predicted molar refractivity (Wildman–Crippen MR) is 197 cm³/mol. The summed E-state index contributed by atoms with van der Waals surface area (Å²) in [4.78, 5) is 59.9. The number of nitrogens with one attached hydrogen (secondary N) is 1. The molecule has 0 saturated carbocycles. The number of esters is 1. The van der Waals surface area contributed by atoms with Gasteiger partial charge < -0.3 is 34.4 Å². The molecule has 12 heteroatoms. The highest BCUT2D eigenvalue weighted by atomic mass is 35.5. The fourth-order valence-electron chi connectivity index (χ4n) is 8.03. The first-order valence-corrected chi connectivity index (χ1v) is 18.5. The van der Waals surface area contributed by atoms with E-state index < -0.39 is 47.7 Å². The van der Waals surface area contributed by atoms with Crippen LogP contribution in [0, 0.1) is 11.8 Å². The number of hydrogen-bond acceptors (Lipinski definition) is 8. The summed E-state index contributed by atoms with van der Waals surface area (Å²) in [5, 5.41) is 12.8. The molecule has 7 atom stereocenters. The Balaban J connectivity index is 1.48. The van der Waals surface area contributed by atoms with E-state index in [1.165, 1.54) is 7.11 Å². The molecule has 0 aliphatic carbocycles. The van der Waals surface area contributed by atoms with Crippen LogP contribution >= 0.6 is 11.6 Å². The van der Waals surface area contributed by atoms with Crippen molar-refractivity contribution in [2.45, 2.75) is 81.3 Å². The van der Waals surface area contributed by atoms with Crippen LogP contribution in [0.25, 0.3) is 0 Å². The number of likely N-dealkylation sites (tertiary alicyclic amines) is 1. The zero-order valence-electron chi connectivity index (χ0n) is 29.8. The maximum absolute atomic E-state index is 14.8. The highest BCUT2D eigenvalue weighted by Gasteiger charge is 2.75. The number of aliphatic hydroxyl groups is 1. The summed E-state index contributed by atoms with van der Waals surface area (Å²) < 4.78 is 18.5. The van der Waals surface area contributed by atoms with Gasteiger partial charge in [0.05, 0.1) is 30.6 Å². The Labute approximate surface area is 310 Å². The van der Waals surface area contributed by atoms with Crippen molar-refractivity contribution in [1.29, 1.82) is 0 Å². The van der Waals surface area contributed by atoms with E-state index in [0.29, 0.717) is 48.4 Å². The Morgan fingerprint density at radius 2 is 1.83 bits per heavy atom. The van der Waals surface area contributed by atoms with Gasteiger partial charge in [0.2, 0.25) is 11.8 Å². The van der Waals surface area contributed by atoms with E-state index in [-0.39, 0.29) is 50.4 Å². The van der Waals surface area contributed by atoms with Gasteiger partial charge in [-0.05, 0) is 61.9 Å². The van der Waals surface area contributed by atoms with Crippen LogP contribution in [0.4, 0.5) is 5.69 Å². The van der Waals surface area contributed by atoms with Crippen molar-refractivity contribution in [1.82, 2.24) is 10.2 Å². The predicted octanol–water partition coefficient (Wildman–Crippen LogP) is 5.17. The highest BCUT2D eigenvalue weighted by Crippen LogP contribution is 2.59. The number of anilines is 1. The third-order valence-corrected chi connectivity index (χ3v) is 10.6. The summed E-state index contributed by atoms with van der Waals surface area (Å²) in [6.07, 6.45) is 6.09. The molecule has 5 rings (SSSR count). The lowest BCUT2D eigenvalue weighted by atomic mass is 9.70. The number of rotatable bonds is 20. The Bertz CT molecular complexity index is 1570. The highest BCUT2D eigenvalue weighted by molar-refractivity contribution is 6.30. The van der Waals surface area contributed by atoms with E-state index in [1.807, 2.05) is 30.3 Å². The quantitative estimate of drug-likeness (QED) is 0.108. The molecule has 3 saturated heterocycles. The third-order valence-electron chi connectivity index (χ3n) is 10.3. The van der Waals surface area contributed by atoms with Gasteiger partial charge in [-0.1, -0.05) is 66.9 Å². The number of benzene rings is 2. The molecule has 280 valence electrons. The van der Waals surface area contributed by atoms with Crippen LogP contribution in [0.3, 0.4) is 0 Å². The lowest BCUT2D eigenvalue weighted by Crippen LogP contribution is -2.56. The number of halogens is 1. The van der Waals surface area contributed by atoms with Gasteiger partial charge in [0.25, 0.3) is 5.91 Å². The van der Waals surface area contributed by atoms with Crippen LogP contribution in [-0.4, -0.2) is 90.9 Å². The number of allylic oxidation sites excluding steroid dienone is 1. The van der Waals surface area contributed by atoms with E-state index in [9.17, 15) is 24.3 Å². The molecule has 0 radical (unpaired) electrons. The largest absolute Gasteiger partial charge is 0.455 e. The monoisotopic (exact) mass is 735 g/mol. The van der Waals surface area contributed by atoms with Crippen LogP contribution in [0.5, 0.6) is 0 Å². The summed E-state index contributed by atoms with van der Waals surface area (Å²) in [6, 6.07) is 14.3. The number of hydrogen-bond donors (Lipinski definition) is 2.